The van der Waals surface area contributed by atoms with E-state index < -0.39 is 0 Å². The van der Waals surface area contributed by atoms with Gasteiger partial charge in [-0.1, -0.05) is 140 Å². The highest BCUT2D eigenvalue weighted by molar-refractivity contribution is 6.21. The van der Waals surface area contributed by atoms with Gasteiger partial charge < -0.3 is 13.6 Å². The van der Waals surface area contributed by atoms with Crippen molar-refractivity contribution in [3.8, 4) is 45.5 Å². The molecule has 0 aliphatic heterocycles. The maximum Gasteiger partial charge on any atom is 0.167 e. The van der Waals surface area contributed by atoms with Gasteiger partial charge in [-0.15, -0.1) is 0 Å². The lowest BCUT2D eigenvalue weighted by Crippen LogP contribution is -2.00. The topological polar surface area (TPSA) is 61.7 Å². The molecule has 4 heterocycles. The number of hydrogen-bond donors (Lipinski definition) is 0. The van der Waals surface area contributed by atoms with Crippen LogP contribution in [0, 0.1) is 0 Å². The van der Waals surface area contributed by atoms with Gasteiger partial charge in [0.25, 0.3) is 0 Å². The molecule has 15 rings (SSSR count). The van der Waals surface area contributed by atoms with Gasteiger partial charge in [-0.05, 0) is 117 Å². The molecule has 0 aliphatic carbocycles. The van der Waals surface area contributed by atoms with Crippen molar-refractivity contribution in [1.82, 2.24) is 24.1 Å². The summed E-state index contributed by atoms with van der Waals surface area (Å²) in [5.74, 6) is 1.72. The van der Waals surface area contributed by atoms with Gasteiger partial charge in [0.1, 0.15) is 11.2 Å². The summed E-state index contributed by atoms with van der Waals surface area (Å²) in [5.41, 5.74) is 11.0. The third-order valence-electron chi connectivity index (χ3n) is 14.1. The molecule has 4 aromatic heterocycles. The fourth-order valence-electron chi connectivity index (χ4n) is 10.9. The number of aromatic nitrogens is 5. The van der Waals surface area contributed by atoms with Crippen molar-refractivity contribution in [2.45, 2.75) is 0 Å². The third kappa shape index (κ3) is 5.76. The Kier molecular flexibility index (Phi) is 7.97. The molecular weight excluding hydrogens is 843 g/mol. The van der Waals surface area contributed by atoms with Crippen LogP contribution in [0.5, 0.6) is 0 Å². The summed E-state index contributed by atoms with van der Waals surface area (Å²) < 4.78 is 11.7. The molecule has 0 radical (unpaired) electrons. The smallest absolute Gasteiger partial charge is 0.167 e. The molecule has 0 fully saturated rings. The van der Waals surface area contributed by atoms with Crippen molar-refractivity contribution in [2.24, 2.45) is 0 Å². The Balaban J connectivity index is 0.940. The molecule has 0 bridgehead atoms. The number of hydrogen-bond acceptors (Lipinski definition) is 4. The lowest BCUT2D eigenvalue weighted by Gasteiger charge is -2.11. The first kappa shape index (κ1) is 37.8. The zero-order valence-corrected chi connectivity index (χ0v) is 37.0. The average Bonchev–Trinajstić information content (AvgIpc) is 4.07. The molecule has 0 unspecified atom stereocenters. The predicted octanol–water partition coefficient (Wildman–Crippen LogP) is 16.4. The predicted molar refractivity (Wildman–Crippen MR) is 285 cm³/mol. The van der Waals surface area contributed by atoms with Gasteiger partial charge in [-0.25, -0.2) is 15.0 Å². The maximum atomic E-state index is 6.95. The number of para-hydroxylation sites is 4. The Morgan fingerprint density at radius 3 is 1.65 bits per heavy atom. The van der Waals surface area contributed by atoms with Crippen molar-refractivity contribution in [2.75, 3.05) is 0 Å². The molecule has 15 aromatic rings. The largest absolute Gasteiger partial charge is 0.455 e. The van der Waals surface area contributed by atoms with Crippen molar-refractivity contribution < 1.29 is 4.42 Å². The SMILES string of the molecule is c1ccc(-n2c3ccccc3c3cc(-c4nc(-c5ccc6ccccc6c5)nc(-c5cccc6c5oc5ccc7ccc(-n8c9ccccc9c9cc%10ccccc%10cc98)cc7c56)n4)ccc32)cc1. The first-order valence-electron chi connectivity index (χ1n) is 23.3. The van der Waals surface area contributed by atoms with Crippen molar-refractivity contribution in [3.63, 3.8) is 0 Å². The third-order valence-corrected chi connectivity index (χ3v) is 14.1. The van der Waals surface area contributed by atoms with Crippen LogP contribution in [0.3, 0.4) is 0 Å². The standard InChI is InChI=1S/C63H37N5O/c1-2-17-45(18-3-1)67-54-23-10-8-19-47(54)52-35-44(28-31-56(52)67)62-64-61(43-26-25-38-13-4-5-14-40(38)33-43)65-63(66-62)50-22-12-21-49-59-51-37-46(30-27-39(51)29-32-58(59)69-60(49)50)68-55-24-11-9-20-48(55)53-34-41-15-6-7-16-42(41)36-57(53)68/h1-37H. The highest BCUT2D eigenvalue weighted by Crippen LogP contribution is 2.42. The molecule has 0 amide bonds. The van der Waals surface area contributed by atoms with Crippen LogP contribution in [0.4, 0.5) is 0 Å². The first-order valence-corrected chi connectivity index (χ1v) is 23.3. The zero-order chi connectivity index (χ0) is 45.2. The molecule has 0 saturated heterocycles. The van der Waals surface area contributed by atoms with E-state index in [9.17, 15) is 0 Å². The second-order valence-electron chi connectivity index (χ2n) is 18.0. The van der Waals surface area contributed by atoms with Gasteiger partial charge in [0, 0.05) is 54.8 Å². The summed E-state index contributed by atoms with van der Waals surface area (Å²) in [6.45, 7) is 0. The van der Waals surface area contributed by atoms with Crippen LogP contribution < -0.4 is 0 Å². The summed E-state index contributed by atoms with van der Waals surface area (Å²) in [6.07, 6.45) is 0. The number of nitrogens with zero attached hydrogens (tertiary/aromatic N) is 5. The molecule has 6 heteroatoms. The van der Waals surface area contributed by atoms with E-state index in [1.54, 1.807) is 0 Å². The monoisotopic (exact) mass is 879 g/mol. The highest BCUT2D eigenvalue weighted by atomic mass is 16.3. The van der Waals surface area contributed by atoms with E-state index in [2.05, 4.69) is 234 Å². The number of rotatable bonds is 5. The molecule has 0 aliphatic rings. The molecule has 0 N–H and O–H groups in total. The molecule has 6 nitrogen and oxygen atoms in total. The van der Waals surface area contributed by atoms with Crippen LogP contribution in [0.25, 0.3) is 143 Å². The fourth-order valence-corrected chi connectivity index (χ4v) is 10.9. The van der Waals surface area contributed by atoms with E-state index in [-0.39, 0.29) is 0 Å². The van der Waals surface area contributed by atoms with Gasteiger partial charge in [0.2, 0.25) is 0 Å². The second kappa shape index (κ2) is 14.6. The molecular formula is C63H37N5O. The van der Waals surface area contributed by atoms with E-state index in [0.717, 1.165) is 93.4 Å². The minimum atomic E-state index is 0.544. The van der Waals surface area contributed by atoms with Crippen LogP contribution in [0.1, 0.15) is 0 Å². The van der Waals surface area contributed by atoms with Crippen molar-refractivity contribution >= 4 is 97.9 Å². The van der Waals surface area contributed by atoms with Crippen molar-refractivity contribution in [1.29, 1.82) is 0 Å². The Bertz CT molecular complexity index is 4620. The number of benzene rings is 11. The maximum absolute atomic E-state index is 6.95. The zero-order valence-electron chi connectivity index (χ0n) is 37.0. The minimum Gasteiger partial charge on any atom is -0.455 e. The van der Waals surface area contributed by atoms with E-state index >= 15 is 0 Å². The van der Waals surface area contributed by atoms with E-state index in [1.165, 1.54) is 32.6 Å². The van der Waals surface area contributed by atoms with Crippen LogP contribution in [0.15, 0.2) is 229 Å². The van der Waals surface area contributed by atoms with Gasteiger partial charge >= 0.3 is 0 Å². The summed E-state index contributed by atoms with van der Waals surface area (Å²) >= 11 is 0. The summed E-state index contributed by atoms with van der Waals surface area (Å²) in [4.78, 5) is 15.9. The molecule has 0 saturated carbocycles. The second-order valence-corrected chi connectivity index (χ2v) is 18.0. The lowest BCUT2D eigenvalue weighted by molar-refractivity contribution is 0.670. The fraction of sp³-hybridized carbons (Fsp3) is 0. The number of fused-ring (bicyclic) bond motifs is 13. The minimum absolute atomic E-state index is 0.544. The first-order chi connectivity index (χ1) is 34.2. The molecule has 320 valence electrons. The molecule has 0 atom stereocenters. The average molecular weight is 880 g/mol. The van der Waals surface area contributed by atoms with Gasteiger partial charge in [0.05, 0.1) is 27.6 Å². The van der Waals surface area contributed by atoms with Crippen LogP contribution >= 0.6 is 0 Å². The number of furan rings is 1. The molecule has 0 spiro atoms. The molecule has 69 heavy (non-hydrogen) atoms. The van der Waals surface area contributed by atoms with Gasteiger partial charge in [-0.3, -0.25) is 0 Å². The summed E-state index contributed by atoms with van der Waals surface area (Å²) in [7, 11) is 0. The lowest BCUT2D eigenvalue weighted by atomic mass is 10.0. The quantitative estimate of drug-likeness (QED) is 0.173. The summed E-state index contributed by atoms with van der Waals surface area (Å²) in [5, 5.41) is 13.8. The van der Waals surface area contributed by atoms with E-state index in [4.69, 9.17) is 19.4 Å². The van der Waals surface area contributed by atoms with Crippen LogP contribution in [-0.2, 0) is 0 Å². The Morgan fingerprint density at radius 2 is 0.870 bits per heavy atom. The van der Waals surface area contributed by atoms with Gasteiger partial charge in [-0.2, -0.15) is 0 Å². The van der Waals surface area contributed by atoms with Crippen LogP contribution in [-0.4, -0.2) is 24.1 Å². The Morgan fingerprint density at radius 1 is 0.304 bits per heavy atom. The van der Waals surface area contributed by atoms with Gasteiger partial charge in [0.15, 0.2) is 17.5 Å². The van der Waals surface area contributed by atoms with E-state index in [0.29, 0.717) is 17.5 Å². The Labute approximate surface area is 394 Å². The van der Waals surface area contributed by atoms with Crippen molar-refractivity contribution in [3.05, 3.63) is 224 Å². The highest BCUT2D eigenvalue weighted by Gasteiger charge is 2.22. The van der Waals surface area contributed by atoms with Crippen LogP contribution in [0.2, 0.25) is 0 Å². The summed E-state index contributed by atoms with van der Waals surface area (Å²) in [6, 6.07) is 79.8. The molecule has 11 aromatic carbocycles. The Hall–Kier alpha value is -9.39. The van der Waals surface area contributed by atoms with E-state index in [1.807, 2.05) is 0 Å². The normalized spacial score (nSPS) is 12.1.